The van der Waals surface area contributed by atoms with Crippen LogP contribution in [0.25, 0.3) is 0 Å². The highest BCUT2D eigenvalue weighted by atomic mass is 15.2. The zero-order valence-electron chi connectivity index (χ0n) is 10.8. The Bertz CT molecular complexity index is 362. The lowest BCUT2D eigenvalue weighted by molar-refractivity contribution is 0.249. The van der Waals surface area contributed by atoms with Gasteiger partial charge in [0.15, 0.2) is 0 Å². The van der Waals surface area contributed by atoms with Crippen LogP contribution in [-0.4, -0.2) is 53.0 Å². The van der Waals surface area contributed by atoms with Crippen LogP contribution in [0.2, 0.25) is 0 Å². The Morgan fingerprint density at radius 2 is 2.12 bits per heavy atom. The highest BCUT2D eigenvalue weighted by Crippen LogP contribution is 2.21. The van der Waals surface area contributed by atoms with Crippen molar-refractivity contribution in [1.29, 1.82) is 0 Å². The minimum Gasteiger partial charge on any atom is -0.382 e. The molecule has 5 nitrogen and oxygen atoms in total. The van der Waals surface area contributed by atoms with Crippen molar-refractivity contribution in [2.45, 2.75) is 19.5 Å². The second-order valence-corrected chi connectivity index (χ2v) is 5.13. The van der Waals surface area contributed by atoms with Gasteiger partial charge >= 0.3 is 0 Å². The van der Waals surface area contributed by atoms with Gasteiger partial charge in [0.25, 0.3) is 0 Å². The molecule has 0 saturated carbocycles. The largest absolute Gasteiger partial charge is 0.382 e. The van der Waals surface area contributed by atoms with Gasteiger partial charge in [-0.15, -0.1) is 0 Å². The van der Waals surface area contributed by atoms with Gasteiger partial charge in [-0.25, -0.2) is 4.98 Å². The number of likely N-dealkylation sites (N-methyl/N-ethyl adjacent to an activating group) is 1. The number of aromatic nitrogens is 2. The first kappa shape index (κ1) is 12.3. The van der Waals surface area contributed by atoms with Gasteiger partial charge in [-0.05, 0) is 20.0 Å². The summed E-state index contributed by atoms with van der Waals surface area (Å²) in [6.07, 6.45) is 3.39. The fourth-order valence-electron chi connectivity index (χ4n) is 2.52. The molecule has 1 aliphatic rings. The molecule has 17 heavy (non-hydrogen) atoms. The molecule has 0 radical (unpaired) electrons. The molecule has 0 aliphatic carbocycles. The second-order valence-electron chi connectivity index (χ2n) is 5.13. The number of hydrogen-bond acceptors (Lipinski definition) is 5. The summed E-state index contributed by atoms with van der Waals surface area (Å²) in [5, 5.41) is 0. The number of nitrogens with two attached hydrogens (primary N) is 1. The number of hydrogen-bond donors (Lipinski definition) is 1. The summed E-state index contributed by atoms with van der Waals surface area (Å²) in [5.41, 5.74) is 6.52. The van der Waals surface area contributed by atoms with Crippen molar-refractivity contribution in [1.82, 2.24) is 19.8 Å². The van der Waals surface area contributed by atoms with E-state index in [2.05, 4.69) is 40.8 Å². The lowest BCUT2D eigenvalue weighted by atomic mass is 10.1. The van der Waals surface area contributed by atoms with E-state index in [1.165, 1.54) is 0 Å². The molecule has 0 amide bonds. The Morgan fingerprint density at radius 3 is 2.65 bits per heavy atom. The highest BCUT2D eigenvalue weighted by Gasteiger charge is 2.30. The molecule has 94 valence electrons. The molecule has 1 aromatic heterocycles. The molecule has 0 bridgehead atoms. The van der Waals surface area contributed by atoms with E-state index in [1.807, 2.05) is 0 Å². The Hall–Kier alpha value is -1.20. The predicted molar refractivity (Wildman–Crippen MR) is 68.4 cm³/mol. The summed E-state index contributed by atoms with van der Waals surface area (Å²) >= 11 is 0. The van der Waals surface area contributed by atoms with Crippen molar-refractivity contribution in [3.05, 3.63) is 18.1 Å². The molecule has 5 heteroatoms. The van der Waals surface area contributed by atoms with Gasteiger partial charge in [-0.3, -0.25) is 9.88 Å². The first-order chi connectivity index (χ1) is 8.06. The van der Waals surface area contributed by atoms with E-state index < -0.39 is 0 Å². The Labute approximate surface area is 103 Å². The minimum atomic E-state index is 0.481. The van der Waals surface area contributed by atoms with Crippen LogP contribution >= 0.6 is 0 Å². The van der Waals surface area contributed by atoms with Crippen molar-refractivity contribution in [3.8, 4) is 0 Å². The van der Waals surface area contributed by atoms with E-state index in [4.69, 9.17) is 5.73 Å². The fraction of sp³-hybridized carbons (Fsp3) is 0.667. The lowest BCUT2D eigenvalue weighted by Gasteiger charge is -2.22. The van der Waals surface area contributed by atoms with E-state index in [0.29, 0.717) is 17.8 Å². The van der Waals surface area contributed by atoms with E-state index in [-0.39, 0.29) is 0 Å². The third-order valence-corrected chi connectivity index (χ3v) is 3.42. The van der Waals surface area contributed by atoms with Gasteiger partial charge < -0.3 is 10.6 Å². The van der Waals surface area contributed by atoms with Gasteiger partial charge in [-0.1, -0.05) is 6.92 Å². The molecule has 2 rings (SSSR count). The summed E-state index contributed by atoms with van der Waals surface area (Å²) in [6, 6.07) is 0.636. The van der Waals surface area contributed by atoms with Gasteiger partial charge in [-0.2, -0.15) is 0 Å². The Kier molecular flexibility index (Phi) is 3.59. The third kappa shape index (κ3) is 2.92. The van der Waals surface area contributed by atoms with Crippen LogP contribution in [0.4, 0.5) is 5.82 Å². The maximum atomic E-state index is 5.52. The van der Waals surface area contributed by atoms with Crippen molar-refractivity contribution < 1.29 is 0 Å². The minimum absolute atomic E-state index is 0.481. The summed E-state index contributed by atoms with van der Waals surface area (Å²) in [5.74, 6) is 1.18. The van der Waals surface area contributed by atoms with Gasteiger partial charge in [0.2, 0.25) is 0 Å². The normalized spacial score (nSPS) is 25.6. The molecule has 2 unspecified atom stereocenters. The topological polar surface area (TPSA) is 58.3 Å². The second kappa shape index (κ2) is 4.98. The molecule has 2 N–H and O–H groups in total. The maximum absolute atomic E-state index is 5.52. The Balaban J connectivity index is 1.95. The molecule has 2 heterocycles. The molecule has 1 aliphatic heterocycles. The molecular formula is C12H21N5. The smallest absolute Gasteiger partial charge is 0.141 e. The van der Waals surface area contributed by atoms with Crippen molar-refractivity contribution in [3.63, 3.8) is 0 Å². The zero-order chi connectivity index (χ0) is 12.4. The number of anilines is 1. The van der Waals surface area contributed by atoms with Gasteiger partial charge in [0.05, 0.1) is 18.1 Å². The molecule has 0 aromatic carbocycles. The predicted octanol–water partition coefficient (Wildman–Crippen LogP) is 0.441. The summed E-state index contributed by atoms with van der Waals surface area (Å²) in [4.78, 5) is 13.1. The van der Waals surface area contributed by atoms with Crippen molar-refractivity contribution >= 4 is 5.82 Å². The van der Waals surface area contributed by atoms with E-state index in [9.17, 15) is 0 Å². The molecule has 1 saturated heterocycles. The van der Waals surface area contributed by atoms with Crippen LogP contribution in [0.1, 0.15) is 12.6 Å². The maximum Gasteiger partial charge on any atom is 0.141 e. The summed E-state index contributed by atoms with van der Waals surface area (Å²) < 4.78 is 0. The zero-order valence-corrected chi connectivity index (χ0v) is 10.8. The van der Waals surface area contributed by atoms with Crippen molar-refractivity contribution in [2.24, 2.45) is 5.92 Å². The highest BCUT2D eigenvalue weighted by molar-refractivity contribution is 5.22. The molecule has 1 aromatic rings. The number of nitrogen functional groups attached to an aromatic ring is 1. The van der Waals surface area contributed by atoms with Crippen molar-refractivity contribution in [2.75, 3.05) is 32.9 Å². The van der Waals surface area contributed by atoms with E-state index in [0.717, 1.165) is 25.3 Å². The van der Waals surface area contributed by atoms with E-state index >= 15 is 0 Å². The lowest BCUT2D eigenvalue weighted by Crippen LogP contribution is -2.34. The average molecular weight is 235 g/mol. The fourth-order valence-corrected chi connectivity index (χ4v) is 2.52. The first-order valence-corrected chi connectivity index (χ1v) is 6.01. The van der Waals surface area contributed by atoms with Crippen LogP contribution < -0.4 is 5.73 Å². The average Bonchev–Trinajstić information content (AvgIpc) is 2.63. The van der Waals surface area contributed by atoms with Crippen LogP contribution in [0.3, 0.4) is 0 Å². The number of rotatable bonds is 3. The number of nitrogens with zero attached hydrogens (tertiary/aromatic N) is 4. The molecular weight excluding hydrogens is 214 g/mol. The molecule has 2 atom stereocenters. The van der Waals surface area contributed by atoms with Gasteiger partial charge in [0.1, 0.15) is 5.82 Å². The van der Waals surface area contributed by atoms with Crippen LogP contribution in [0.5, 0.6) is 0 Å². The molecule has 0 spiro atoms. The monoisotopic (exact) mass is 235 g/mol. The quantitative estimate of drug-likeness (QED) is 0.824. The van der Waals surface area contributed by atoms with Crippen LogP contribution in [0, 0.1) is 5.92 Å². The molecule has 1 fully saturated rings. The first-order valence-electron chi connectivity index (χ1n) is 6.01. The third-order valence-electron chi connectivity index (χ3n) is 3.42. The van der Waals surface area contributed by atoms with Gasteiger partial charge in [0, 0.05) is 25.7 Å². The standard InChI is InChI=1S/C12H21N5/c1-9-6-17(8-11(9)16(2)3)7-10-4-15-12(13)5-14-10/h4-5,9,11H,6-8H2,1-3H3,(H2,13,15). The Morgan fingerprint density at radius 1 is 1.35 bits per heavy atom. The van der Waals surface area contributed by atoms with Crippen LogP contribution in [-0.2, 0) is 6.54 Å². The SMILES string of the molecule is CC1CN(Cc2cnc(N)cn2)CC1N(C)C. The van der Waals surface area contributed by atoms with E-state index in [1.54, 1.807) is 12.4 Å². The van der Waals surface area contributed by atoms with Crippen LogP contribution in [0.15, 0.2) is 12.4 Å². The number of likely N-dealkylation sites (tertiary alicyclic amines) is 1. The summed E-state index contributed by atoms with van der Waals surface area (Å²) in [7, 11) is 4.29. The summed E-state index contributed by atoms with van der Waals surface area (Å²) in [6.45, 7) is 5.39.